The van der Waals surface area contributed by atoms with Gasteiger partial charge in [-0.1, -0.05) is 0 Å². The molecule has 1 rings (SSSR count). The fourth-order valence-electron chi connectivity index (χ4n) is 1.59. The van der Waals surface area contributed by atoms with Gasteiger partial charge < -0.3 is 16.2 Å². The lowest BCUT2D eigenvalue weighted by molar-refractivity contribution is -0.385. The van der Waals surface area contributed by atoms with E-state index >= 15 is 0 Å². The largest absolute Gasteiger partial charge is 0.465 e. The highest BCUT2D eigenvalue weighted by Crippen LogP contribution is 2.27. The van der Waals surface area contributed by atoms with E-state index in [-0.39, 0.29) is 23.2 Å². The average Bonchev–Trinajstić information content (AvgIpc) is 2.36. The summed E-state index contributed by atoms with van der Waals surface area (Å²) in [5, 5.41) is 11.0. The van der Waals surface area contributed by atoms with Gasteiger partial charge in [0.15, 0.2) is 0 Å². The normalized spacial score (nSPS) is 11.7. The van der Waals surface area contributed by atoms with Gasteiger partial charge in [0.1, 0.15) is 0 Å². The van der Waals surface area contributed by atoms with Crippen LogP contribution < -0.4 is 11.5 Å². The van der Waals surface area contributed by atoms with Crippen molar-refractivity contribution in [3.63, 3.8) is 0 Å². The fraction of sp³-hybridized carbons (Fsp3) is 0.273. The third-order valence-corrected chi connectivity index (χ3v) is 2.47. The van der Waals surface area contributed by atoms with Crippen LogP contribution in [0, 0.1) is 10.1 Å². The molecule has 102 valence electrons. The van der Waals surface area contributed by atoms with Crippen LogP contribution in [0.15, 0.2) is 18.2 Å². The van der Waals surface area contributed by atoms with E-state index in [9.17, 15) is 19.7 Å². The first-order valence-electron chi connectivity index (χ1n) is 5.27. The van der Waals surface area contributed by atoms with Gasteiger partial charge in [0.25, 0.3) is 5.69 Å². The predicted molar refractivity (Wildman–Crippen MR) is 65.2 cm³/mol. The number of carbonyl (C=O) groups is 2. The summed E-state index contributed by atoms with van der Waals surface area (Å²) in [6, 6.07) is 2.82. The van der Waals surface area contributed by atoms with Crippen molar-refractivity contribution in [3.8, 4) is 0 Å². The second-order valence-corrected chi connectivity index (χ2v) is 3.80. The predicted octanol–water partition coefficient (Wildman–Crippen LogP) is 0.257. The van der Waals surface area contributed by atoms with Gasteiger partial charge in [0.2, 0.25) is 5.91 Å². The van der Waals surface area contributed by atoms with Crippen LogP contribution in [0.25, 0.3) is 0 Å². The average molecular weight is 267 g/mol. The molecule has 0 radical (unpaired) electrons. The number of hydrogen-bond acceptors (Lipinski definition) is 6. The minimum atomic E-state index is -0.899. The molecule has 4 N–H and O–H groups in total. The van der Waals surface area contributed by atoms with Gasteiger partial charge in [-0.05, 0) is 12.1 Å². The molecule has 1 aromatic carbocycles. The van der Waals surface area contributed by atoms with Crippen LogP contribution in [0.1, 0.15) is 28.4 Å². The lowest BCUT2D eigenvalue weighted by atomic mass is 10.0. The van der Waals surface area contributed by atoms with Crippen LogP contribution in [0.2, 0.25) is 0 Å². The number of rotatable bonds is 5. The first-order valence-corrected chi connectivity index (χ1v) is 5.27. The van der Waals surface area contributed by atoms with Gasteiger partial charge >= 0.3 is 5.97 Å². The van der Waals surface area contributed by atoms with Crippen LogP contribution in [-0.4, -0.2) is 23.9 Å². The summed E-state index contributed by atoms with van der Waals surface area (Å²) in [6.45, 7) is 0. The van der Waals surface area contributed by atoms with Crippen LogP contribution in [-0.2, 0) is 9.53 Å². The molecule has 0 spiro atoms. The first-order chi connectivity index (χ1) is 8.86. The number of primary amides is 1. The zero-order valence-electron chi connectivity index (χ0n) is 10.2. The number of hydrogen-bond donors (Lipinski definition) is 2. The number of carbonyl (C=O) groups excluding carboxylic acids is 2. The summed E-state index contributed by atoms with van der Waals surface area (Å²) in [6.07, 6.45) is -0.224. The molecular weight excluding hydrogens is 254 g/mol. The standard InChI is InChI=1S/C11H13N3O5/c1-19-11(16)6-2-3-7(8(12)5-10(13)15)9(4-6)14(17)18/h2-4,8H,5,12H2,1H3,(H2,13,15). The minimum Gasteiger partial charge on any atom is -0.465 e. The van der Waals surface area contributed by atoms with Crippen molar-refractivity contribution < 1.29 is 19.2 Å². The molecule has 1 atom stereocenters. The third kappa shape index (κ3) is 3.49. The summed E-state index contributed by atoms with van der Waals surface area (Å²) in [5.74, 6) is -1.36. The van der Waals surface area contributed by atoms with E-state index in [4.69, 9.17) is 11.5 Å². The number of benzene rings is 1. The Morgan fingerprint density at radius 1 is 1.47 bits per heavy atom. The monoisotopic (exact) mass is 267 g/mol. The number of nitrogens with two attached hydrogens (primary N) is 2. The molecule has 1 unspecified atom stereocenters. The number of nitrogens with zero attached hydrogens (tertiary/aromatic N) is 1. The Morgan fingerprint density at radius 2 is 2.11 bits per heavy atom. The number of amides is 1. The molecule has 0 bridgehead atoms. The summed E-state index contributed by atoms with van der Waals surface area (Å²) in [4.78, 5) is 32.4. The van der Waals surface area contributed by atoms with E-state index in [0.29, 0.717) is 0 Å². The molecule has 0 aliphatic carbocycles. The highest BCUT2D eigenvalue weighted by Gasteiger charge is 2.23. The molecule has 0 heterocycles. The second kappa shape index (κ2) is 5.91. The Bertz CT molecular complexity index is 529. The van der Waals surface area contributed by atoms with E-state index in [1.165, 1.54) is 19.2 Å². The topological polar surface area (TPSA) is 139 Å². The van der Waals surface area contributed by atoms with Crippen LogP contribution in [0.3, 0.4) is 0 Å². The molecule has 19 heavy (non-hydrogen) atoms. The highest BCUT2D eigenvalue weighted by molar-refractivity contribution is 5.90. The van der Waals surface area contributed by atoms with Crippen molar-refractivity contribution in [1.29, 1.82) is 0 Å². The second-order valence-electron chi connectivity index (χ2n) is 3.80. The number of methoxy groups -OCH3 is 1. The Kier molecular flexibility index (Phi) is 4.54. The van der Waals surface area contributed by atoms with Crippen molar-refractivity contribution in [3.05, 3.63) is 39.4 Å². The number of ether oxygens (including phenoxy) is 1. The lowest BCUT2D eigenvalue weighted by Crippen LogP contribution is -2.21. The summed E-state index contributed by atoms with van der Waals surface area (Å²) >= 11 is 0. The van der Waals surface area contributed by atoms with Crippen molar-refractivity contribution in [2.24, 2.45) is 11.5 Å². The third-order valence-electron chi connectivity index (χ3n) is 2.47. The van der Waals surface area contributed by atoms with Crippen LogP contribution >= 0.6 is 0 Å². The van der Waals surface area contributed by atoms with Gasteiger partial charge in [-0.3, -0.25) is 14.9 Å². The molecule has 0 saturated heterocycles. The molecule has 8 heteroatoms. The lowest BCUT2D eigenvalue weighted by Gasteiger charge is -2.11. The van der Waals surface area contributed by atoms with Crippen molar-refractivity contribution >= 4 is 17.6 Å². The smallest absolute Gasteiger partial charge is 0.338 e. The maximum absolute atomic E-state index is 11.3. The van der Waals surface area contributed by atoms with Crippen LogP contribution in [0.4, 0.5) is 5.69 Å². The van der Waals surface area contributed by atoms with Crippen molar-refractivity contribution in [2.45, 2.75) is 12.5 Å². The Hall–Kier alpha value is -2.48. The molecule has 1 amide bonds. The van der Waals surface area contributed by atoms with Crippen molar-refractivity contribution in [2.75, 3.05) is 7.11 Å². The van der Waals surface area contributed by atoms with Crippen LogP contribution in [0.5, 0.6) is 0 Å². The molecule has 0 fully saturated rings. The van der Waals surface area contributed by atoms with E-state index in [1.54, 1.807) is 0 Å². The molecule has 0 aliphatic heterocycles. The van der Waals surface area contributed by atoms with Gasteiger partial charge in [-0.25, -0.2) is 4.79 Å². The van der Waals surface area contributed by atoms with Crippen molar-refractivity contribution in [1.82, 2.24) is 0 Å². The molecule has 0 aliphatic rings. The van der Waals surface area contributed by atoms with E-state index in [2.05, 4.69) is 4.74 Å². The number of nitro benzene ring substituents is 1. The van der Waals surface area contributed by atoms with Gasteiger partial charge in [-0.15, -0.1) is 0 Å². The van der Waals surface area contributed by atoms with E-state index in [0.717, 1.165) is 6.07 Å². The quantitative estimate of drug-likeness (QED) is 0.445. The maximum Gasteiger partial charge on any atom is 0.338 e. The zero-order valence-corrected chi connectivity index (χ0v) is 10.2. The van der Waals surface area contributed by atoms with E-state index in [1.807, 2.05) is 0 Å². The fourth-order valence-corrected chi connectivity index (χ4v) is 1.59. The van der Waals surface area contributed by atoms with Gasteiger partial charge in [-0.2, -0.15) is 0 Å². The molecule has 1 aromatic rings. The Morgan fingerprint density at radius 3 is 2.58 bits per heavy atom. The first kappa shape index (κ1) is 14.6. The van der Waals surface area contributed by atoms with Gasteiger partial charge in [0, 0.05) is 24.1 Å². The molecule has 8 nitrogen and oxygen atoms in total. The SMILES string of the molecule is COC(=O)c1ccc(C(N)CC(N)=O)c([N+](=O)[O-])c1. The highest BCUT2D eigenvalue weighted by atomic mass is 16.6. The summed E-state index contributed by atoms with van der Waals surface area (Å²) < 4.78 is 4.47. The zero-order chi connectivity index (χ0) is 14.6. The number of esters is 1. The number of nitro groups is 1. The summed E-state index contributed by atoms with van der Waals surface area (Å²) in [7, 11) is 1.17. The summed E-state index contributed by atoms with van der Waals surface area (Å²) in [5.41, 5.74) is 10.5. The molecule has 0 saturated carbocycles. The Balaban J connectivity index is 3.22. The minimum absolute atomic E-state index is 0.0317. The van der Waals surface area contributed by atoms with E-state index < -0.39 is 22.8 Å². The Labute approximate surface area is 108 Å². The van der Waals surface area contributed by atoms with Gasteiger partial charge in [0.05, 0.1) is 17.6 Å². The molecule has 0 aromatic heterocycles. The maximum atomic E-state index is 11.3. The molecular formula is C11H13N3O5.